The molecule has 0 fully saturated rings. The maximum absolute atomic E-state index is 12.0. The minimum Gasteiger partial charge on any atom is -0.508 e. The molecule has 0 aliphatic rings. The second-order valence-corrected chi connectivity index (χ2v) is 6.54. The van der Waals surface area contributed by atoms with Gasteiger partial charge >= 0.3 is 0 Å². The van der Waals surface area contributed by atoms with Crippen molar-refractivity contribution in [2.75, 3.05) is 0 Å². The molecule has 2 N–H and O–H groups in total. The molecule has 29 heavy (non-hydrogen) atoms. The van der Waals surface area contributed by atoms with Gasteiger partial charge in [-0.3, -0.25) is 9.59 Å². The molecule has 0 saturated carbocycles. The predicted octanol–water partition coefficient (Wildman–Crippen LogP) is 4.81. The summed E-state index contributed by atoms with van der Waals surface area (Å²) in [4.78, 5) is 24.1. The average Bonchev–Trinajstić information content (AvgIpc) is 2.69. The number of allylic oxidation sites excluding steroid dienone is 4. The summed E-state index contributed by atoms with van der Waals surface area (Å²) in [5.74, 6) is -0.259. The van der Waals surface area contributed by atoms with Gasteiger partial charge in [0, 0.05) is 0 Å². The van der Waals surface area contributed by atoms with Crippen molar-refractivity contribution in [2.24, 2.45) is 0 Å². The van der Waals surface area contributed by atoms with E-state index in [-0.39, 0.29) is 29.5 Å². The van der Waals surface area contributed by atoms with Gasteiger partial charge in [0.2, 0.25) is 0 Å². The molecule has 0 aliphatic carbocycles. The highest BCUT2D eigenvalue weighted by Crippen LogP contribution is 2.21. The van der Waals surface area contributed by atoms with E-state index in [1.807, 2.05) is 0 Å². The lowest BCUT2D eigenvalue weighted by Gasteiger charge is -2.03. The van der Waals surface area contributed by atoms with E-state index in [0.29, 0.717) is 12.8 Å². The number of phenols is 2. The van der Waals surface area contributed by atoms with Gasteiger partial charge in [0.15, 0.2) is 11.6 Å². The van der Waals surface area contributed by atoms with Crippen LogP contribution in [0.3, 0.4) is 0 Å². The summed E-state index contributed by atoms with van der Waals surface area (Å²) in [5, 5.41) is 19.5. The van der Waals surface area contributed by atoms with Gasteiger partial charge in [0.05, 0.1) is 6.42 Å². The SMILES string of the molecule is C=CCc1cc(C=CC(=O)CC(=O)C=Cc2ccc(O)c(CC=C)c2)ccc1O. The number of phenolic OH excluding ortho intramolecular Hbond substituents is 2. The Morgan fingerprint density at radius 2 is 1.17 bits per heavy atom. The number of ketones is 2. The van der Waals surface area contributed by atoms with Gasteiger partial charge in [-0.25, -0.2) is 0 Å². The van der Waals surface area contributed by atoms with Crippen molar-refractivity contribution in [3.8, 4) is 11.5 Å². The van der Waals surface area contributed by atoms with Crippen LogP contribution in [0.1, 0.15) is 28.7 Å². The van der Waals surface area contributed by atoms with Gasteiger partial charge in [-0.1, -0.05) is 36.4 Å². The first-order chi connectivity index (χ1) is 13.9. The fraction of sp³-hybridized carbons (Fsp3) is 0.120. The lowest BCUT2D eigenvalue weighted by molar-refractivity contribution is -0.121. The van der Waals surface area contributed by atoms with E-state index < -0.39 is 0 Å². The minimum atomic E-state index is -0.309. The van der Waals surface area contributed by atoms with Crippen LogP contribution in [0.4, 0.5) is 0 Å². The second-order valence-electron chi connectivity index (χ2n) is 6.54. The first-order valence-corrected chi connectivity index (χ1v) is 9.20. The number of hydrogen-bond acceptors (Lipinski definition) is 4. The van der Waals surface area contributed by atoms with E-state index in [0.717, 1.165) is 22.3 Å². The summed E-state index contributed by atoms with van der Waals surface area (Å²) in [7, 11) is 0. The molecule has 2 rings (SSSR count). The van der Waals surface area contributed by atoms with E-state index in [4.69, 9.17) is 0 Å². The maximum atomic E-state index is 12.0. The van der Waals surface area contributed by atoms with E-state index >= 15 is 0 Å². The molecular formula is C25H24O4. The zero-order chi connectivity index (χ0) is 21.2. The number of carbonyl (C=O) groups excluding carboxylic acids is 2. The molecule has 148 valence electrons. The molecule has 0 aliphatic heterocycles. The number of aromatic hydroxyl groups is 2. The van der Waals surface area contributed by atoms with Crippen LogP contribution < -0.4 is 0 Å². The topological polar surface area (TPSA) is 74.6 Å². The Balaban J connectivity index is 1.97. The lowest BCUT2D eigenvalue weighted by Crippen LogP contribution is -2.02. The minimum absolute atomic E-state index is 0.180. The fourth-order valence-corrected chi connectivity index (χ4v) is 2.72. The van der Waals surface area contributed by atoms with Crippen molar-refractivity contribution >= 4 is 23.7 Å². The third-order valence-corrected chi connectivity index (χ3v) is 4.21. The van der Waals surface area contributed by atoms with Gasteiger partial charge < -0.3 is 10.2 Å². The van der Waals surface area contributed by atoms with Gasteiger partial charge in [-0.2, -0.15) is 0 Å². The zero-order valence-corrected chi connectivity index (χ0v) is 16.2. The first kappa shape index (κ1) is 21.6. The molecule has 0 atom stereocenters. The van der Waals surface area contributed by atoms with Crippen LogP contribution in [0.5, 0.6) is 11.5 Å². The molecule has 2 aromatic rings. The highest BCUT2D eigenvalue weighted by molar-refractivity contribution is 6.10. The molecule has 0 unspecified atom stereocenters. The number of rotatable bonds is 10. The summed E-state index contributed by atoms with van der Waals surface area (Å²) >= 11 is 0. The van der Waals surface area contributed by atoms with E-state index in [9.17, 15) is 19.8 Å². The van der Waals surface area contributed by atoms with E-state index in [2.05, 4.69) is 13.2 Å². The third-order valence-electron chi connectivity index (χ3n) is 4.21. The molecule has 4 heteroatoms. The molecule has 0 bridgehead atoms. The quantitative estimate of drug-likeness (QED) is 0.348. The largest absolute Gasteiger partial charge is 0.508 e. The van der Waals surface area contributed by atoms with Gasteiger partial charge in [0.1, 0.15) is 11.5 Å². The van der Waals surface area contributed by atoms with Gasteiger partial charge in [-0.05, 0) is 71.5 Å². The van der Waals surface area contributed by atoms with Crippen molar-refractivity contribution in [2.45, 2.75) is 19.3 Å². The van der Waals surface area contributed by atoms with E-state index in [1.165, 1.54) is 12.2 Å². The lowest BCUT2D eigenvalue weighted by atomic mass is 10.0. The number of carbonyl (C=O) groups is 2. The normalized spacial score (nSPS) is 11.0. The van der Waals surface area contributed by atoms with Crippen LogP contribution in [-0.2, 0) is 22.4 Å². The van der Waals surface area contributed by atoms with E-state index in [1.54, 1.807) is 60.7 Å². The summed E-state index contributed by atoms with van der Waals surface area (Å²) in [6, 6.07) is 10.1. The highest BCUT2D eigenvalue weighted by Gasteiger charge is 2.05. The predicted molar refractivity (Wildman–Crippen MR) is 117 cm³/mol. The Hall–Kier alpha value is -3.66. The summed E-state index contributed by atoms with van der Waals surface area (Å²) in [6.07, 6.45) is 10.1. The molecular weight excluding hydrogens is 364 g/mol. The van der Waals surface area contributed by atoms with Gasteiger partial charge in [0.25, 0.3) is 0 Å². The fourth-order valence-electron chi connectivity index (χ4n) is 2.72. The van der Waals surface area contributed by atoms with Crippen LogP contribution in [0.25, 0.3) is 12.2 Å². The Labute approximate surface area is 170 Å². The van der Waals surface area contributed by atoms with Crippen LogP contribution in [-0.4, -0.2) is 21.8 Å². The second kappa shape index (κ2) is 10.6. The molecule has 0 spiro atoms. The van der Waals surface area contributed by atoms with Crippen LogP contribution in [0, 0.1) is 0 Å². The van der Waals surface area contributed by atoms with Crippen LogP contribution in [0.15, 0.2) is 73.9 Å². The van der Waals surface area contributed by atoms with Crippen LogP contribution >= 0.6 is 0 Å². The number of benzene rings is 2. The average molecular weight is 388 g/mol. The first-order valence-electron chi connectivity index (χ1n) is 9.20. The molecule has 0 radical (unpaired) electrons. The standard InChI is InChI=1S/C25H24O4/c1-3-5-20-15-18(9-13-24(20)28)7-11-22(26)17-23(27)12-8-19-10-14-25(29)21(16-19)6-4-2/h3-4,7-16,28-29H,1-2,5-6,17H2. The molecule has 4 nitrogen and oxygen atoms in total. The Morgan fingerprint density at radius 3 is 1.55 bits per heavy atom. The summed E-state index contributed by atoms with van der Waals surface area (Å²) in [6.45, 7) is 7.29. The maximum Gasteiger partial charge on any atom is 0.163 e. The Morgan fingerprint density at radius 1 is 0.759 bits per heavy atom. The molecule has 0 amide bonds. The summed E-state index contributed by atoms with van der Waals surface area (Å²) < 4.78 is 0. The van der Waals surface area contributed by atoms with Crippen molar-refractivity contribution in [3.05, 3.63) is 96.1 Å². The monoisotopic (exact) mass is 388 g/mol. The molecule has 0 aromatic heterocycles. The smallest absolute Gasteiger partial charge is 0.163 e. The molecule has 0 saturated heterocycles. The number of hydrogen-bond donors (Lipinski definition) is 2. The highest BCUT2D eigenvalue weighted by atomic mass is 16.3. The summed E-state index contributed by atoms with van der Waals surface area (Å²) in [5.41, 5.74) is 2.96. The third kappa shape index (κ3) is 6.78. The van der Waals surface area contributed by atoms with Crippen molar-refractivity contribution in [1.29, 1.82) is 0 Å². The van der Waals surface area contributed by atoms with Crippen molar-refractivity contribution < 1.29 is 19.8 Å². The molecule has 2 aromatic carbocycles. The molecule has 0 heterocycles. The van der Waals surface area contributed by atoms with Crippen molar-refractivity contribution in [3.63, 3.8) is 0 Å². The Kier molecular flexibility index (Phi) is 7.92. The van der Waals surface area contributed by atoms with Crippen molar-refractivity contribution in [1.82, 2.24) is 0 Å². The van der Waals surface area contributed by atoms with Crippen LogP contribution in [0.2, 0.25) is 0 Å². The Bertz CT molecular complexity index is 901. The zero-order valence-electron chi connectivity index (χ0n) is 16.2. The van der Waals surface area contributed by atoms with Gasteiger partial charge in [-0.15, -0.1) is 13.2 Å².